The lowest BCUT2D eigenvalue weighted by Gasteiger charge is -2.13. The number of benzene rings is 2. The van der Waals surface area contributed by atoms with Gasteiger partial charge in [-0.2, -0.15) is 0 Å². The molecule has 3 heterocycles. The summed E-state index contributed by atoms with van der Waals surface area (Å²) in [4.78, 5) is 25.5. The topological polar surface area (TPSA) is 70.1 Å². The van der Waals surface area contributed by atoms with Crippen molar-refractivity contribution in [2.45, 2.75) is 45.4 Å². The lowest BCUT2D eigenvalue weighted by Crippen LogP contribution is -2.20. The number of aromatic nitrogens is 2. The monoisotopic (exact) mass is 513 g/mol. The lowest BCUT2D eigenvalue weighted by molar-refractivity contribution is 0.102. The summed E-state index contributed by atoms with van der Waals surface area (Å²) in [6, 6.07) is 17.9. The van der Waals surface area contributed by atoms with E-state index in [9.17, 15) is 4.79 Å². The maximum atomic E-state index is 12.5. The fourth-order valence-electron chi connectivity index (χ4n) is 4.86. The van der Waals surface area contributed by atoms with Crippen LogP contribution in [0.4, 0.5) is 11.5 Å². The van der Waals surface area contributed by atoms with Crippen LogP contribution in [0.25, 0.3) is 10.2 Å². The molecule has 6 nitrogen and oxygen atoms in total. The van der Waals surface area contributed by atoms with Crippen molar-refractivity contribution in [2.24, 2.45) is 0 Å². The summed E-state index contributed by atoms with van der Waals surface area (Å²) in [5.74, 6) is 0.827. The van der Waals surface area contributed by atoms with E-state index in [0.29, 0.717) is 5.56 Å². The summed E-state index contributed by atoms with van der Waals surface area (Å²) >= 11 is 1.82. The number of thiophene rings is 1. The van der Waals surface area contributed by atoms with Crippen molar-refractivity contribution in [2.75, 3.05) is 36.8 Å². The van der Waals surface area contributed by atoms with Crippen LogP contribution in [0.3, 0.4) is 0 Å². The molecule has 1 aliphatic rings. The number of carbonyl (C=O) groups is 1. The Bertz CT molecular complexity index is 1330. The van der Waals surface area contributed by atoms with Crippen LogP contribution in [0, 0.1) is 6.92 Å². The Balaban J connectivity index is 1.10. The quantitative estimate of drug-likeness (QED) is 0.230. The van der Waals surface area contributed by atoms with E-state index in [1.807, 2.05) is 54.7 Å². The number of carbonyl (C=O) groups excluding carboxylic acids is 1. The molecule has 0 aliphatic carbocycles. The molecule has 4 aromatic rings. The number of nitrogens with zero attached hydrogens (tertiary/aromatic N) is 3. The fraction of sp³-hybridized carbons (Fsp3) is 0.367. The van der Waals surface area contributed by atoms with Gasteiger partial charge in [0.15, 0.2) is 0 Å². The van der Waals surface area contributed by atoms with Crippen LogP contribution in [0.2, 0.25) is 0 Å². The van der Waals surface area contributed by atoms with Gasteiger partial charge in [-0.15, -0.1) is 11.3 Å². The van der Waals surface area contributed by atoms with Gasteiger partial charge in [-0.3, -0.25) is 4.79 Å². The molecule has 192 valence electrons. The van der Waals surface area contributed by atoms with E-state index in [2.05, 4.69) is 43.7 Å². The van der Waals surface area contributed by atoms with Gasteiger partial charge >= 0.3 is 0 Å². The van der Waals surface area contributed by atoms with Gasteiger partial charge in [0.1, 0.15) is 12.1 Å². The molecule has 0 unspecified atom stereocenters. The van der Waals surface area contributed by atoms with Crippen molar-refractivity contribution in [3.05, 3.63) is 82.5 Å². The molecule has 2 N–H and O–H groups in total. The SMILES string of the molecule is Cc1cccc(C(=O)Nc2ccc(CCNc3ncnc4cc(CCCCN5CCCC5)sc34)cc2)c1. The van der Waals surface area contributed by atoms with Gasteiger partial charge in [0.25, 0.3) is 5.91 Å². The zero-order chi connectivity index (χ0) is 25.5. The molecule has 2 aromatic carbocycles. The molecular formula is C30H35N5OS. The van der Waals surface area contributed by atoms with Gasteiger partial charge < -0.3 is 15.5 Å². The average molecular weight is 514 g/mol. The van der Waals surface area contributed by atoms with Gasteiger partial charge in [-0.1, -0.05) is 29.8 Å². The molecule has 0 spiro atoms. The lowest BCUT2D eigenvalue weighted by atomic mass is 10.1. The van der Waals surface area contributed by atoms with Crippen LogP contribution in [0.5, 0.6) is 0 Å². The van der Waals surface area contributed by atoms with Gasteiger partial charge in [-0.05, 0) is 101 Å². The number of rotatable bonds is 11. The zero-order valence-corrected chi connectivity index (χ0v) is 22.3. The Labute approximate surface area is 223 Å². The molecule has 37 heavy (non-hydrogen) atoms. The Hall–Kier alpha value is -3.29. The normalized spacial score (nSPS) is 13.8. The Morgan fingerprint density at radius 1 is 1.00 bits per heavy atom. The van der Waals surface area contributed by atoms with Gasteiger partial charge in [-0.25, -0.2) is 9.97 Å². The van der Waals surface area contributed by atoms with Crippen molar-refractivity contribution in [1.82, 2.24) is 14.9 Å². The molecule has 1 amide bonds. The summed E-state index contributed by atoms with van der Waals surface area (Å²) in [5, 5.41) is 6.49. The number of amides is 1. The first-order chi connectivity index (χ1) is 18.1. The molecule has 1 fully saturated rings. The summed E-state index contributed by atoms with van der Waals surface area (Å²) in [7, 11) is 0. The molecule has 5 rings (SSSR count). The Kier molecular flexibility index (Phi) is 8.43. The van der Waals surface area contributed by atoms with Crippen LogP contribution in [-0.4, -0.2) is 47.0 Å². The summed E-state index contributed by atoms with van der Waals surface area (Å²) in [6.07, 6.45) is 8.85. The molecule has 0 atom stereocenters. The first-order valence-corrected chi connectivity index (χ1v) is 14.1. The molecule has 1 aliphatic heterocycles. The van der Waals surface area contributed by atoms with Gasteiger partial charge in [0, 0.05) is 22.7 Å². The van der Waals surface area contributed by atoms with E-state index in [0.717, 1.165) is 46.7 Å². The maximum absolute atomic E-state index is 12.5. The number of aryl methyl sites for hydroxylation is 2. The van der Waals surface area contributed by atoms with E-state index >= 15 is 0 Å². The minimum Gasteiger partial charge on any atom is -0.368 e. The highest BCUT2D eigenvalue weighted by atomic mass is 32.1. The minimum atomic E-state index is -0.0900. The standard InChI is InChI=1S/C30H35N5OS/c1-22-7-6-8-24(19-22)30(36)34-25-12-10-23(11-13-25)14-15-31-29-28-27(32-21-33-29)20-26(37-28)9-2-3-16-35-17-4-5-18-35/h6-8,10-13,19-21H,2-5,9,14-18H2,1H3,(H,34,36)(H,31,32,33). The highest BCUT2D eigenvalue weighted by Gasteiger charge is 2.12. The highest BCUT2D eigenvalue weighted by Crippen LogP contribution is 2.30. The van der Waals surface area contributed by atoms with E-state index in [1.54, 1.807) is 6.33 Å². The smallest absolute Gasteiger partial charge is 0.255 e. The number of hydrogen-bond acceptors (Lipinski definition) is 6. The van der Waals surface area contributed by atoms with E-state index in [4.69, 9.17) is 0 Å². The van der Waals surface area contributed by atoms with Gasteiger partial charge in [0.2, 0.25) is 0 Å². The van der Waals surface area contributed by atoms with E-state index in [1.165, 1.54) is 55.8 Å². The van der Waals surface area contributed by atoms with Crippen LogP contribution >= 0.6 is 11.3 Å². The second kappa shape index (κ2) is 12.3. The summed E-state index contributed by atoms with van der Waals surface area (Å²) < 4.78 is 1.14. The molecule has 1 saturated heterocycles. The third-order valence-corrected chi connectivity index (χ3v) is 8.10. The van der Waals surface area contributed by atoms with Gasteiger partial charge in [0.05, 0.1) is 10.2 Å². The number of hydrogen-bond donors (Lipinski definition) is 2. The molecule has 0 bridgehead atoms. The number of anilines is 2. The second-order valence-corrected chi connectivity index (χ2v) is 11.0. The zero-order valence-electron chi connectivity index (χ0n) is 21.5. The summed E-state index contributed by atoms with van der Waals surface area (Å²) in [6.45, 7) is 6.56. The van der Waals surface area contributed by atoms with Crippen molar-refractivity contribution in [3.63, 3.8) is 0 Å². The van der Waals surface area contributed by atoms with E-state index in [-0.39, 0.29) is 5.91 Å². The van der Waals surface area contributed by atoms with Crippen molar-refractivity contribution in [1.29, 1.82) is 0 Å². The third kappa shape index (κ3) is 6.93. The average Bonchev–Trinajstić information content (AvgIpc) is 3.58. The molecule has 0 radical (unpaired) electrons. The number of unbranched alkanes of at least 4 members (excludes halogenated alkanes) is 1. The van der Waals surface area contributed by atoms with E-state index < -0.39 is 0 Å². The summed E-state index contributed by atoms with van der Waals surface area (Å²) in [5.41, 5.74) is 4.78. The predicted molar refractivity (Wildman–Crippen MR) is 154 cm³/mol. The minimum absolute atomic E-state index is 0.0900. The van der Waals surface area contributed by atoms with Crippen molar-refractivity contribution < 1.29 is 4.79 Å². The first-order valence-electron chi connectivity index (χ1n) is 13.3. The largest absolute Gasteiger partial charge is 0.368 e. The van der Waals surface area contributed by atoms with Crippen molar-refractivity contribution in [3.8, 4) is 0 Å². The third-order valence-electron chi connectivity index (χ3n) is 6.91. The fourth-order valence-corrected chi connectivity index (χ4v) is 5.98. The Morgan fingerprint density at radius 2 is 1.84 bits per heavy atom. The Morgan fingerprint density at radius 3 is 2.65 bits per heavy atom. The molecule has 7 heteroatoms. The highest BCUT2D eigenvalue weighted by molar-refractivity contribution is 7.19. The number of nitrogens with one attached hydrogen (secondary N) is 2. The maximum Gasteiger partial charge on any atom is 0.255 e. The predicted octanol–water partition coefficient (Wildman–Crippen LogP) is 6.33. The number of likely N-dealkylation sites (tertiary alicyclic amines) is 1. The van der Waals surface area contributed by atoms with Crippen LogP contribution in [0.15, 0.2) is 60.9 Å². The van der Waals surface area contributed by atoms with Crippen LogP contribution in [-0.2, 0) is 12.8 Å². The first kappa shape index (κ1) is 25.4. The second-order valence-electron chi connectivity index (χ2n) is 9.85. The van der Waals surface area contributed by atoms with Crippen molar-refractivity contribution >= 4 is 39.0 Å². The van der Waals surface area contributed by atoms with Crippen LogP contribution < -0.4 is 10.6 Å². The molecule has 0 saturated carbocycles. The van der Waals surface area contributed by atoms with Crippen LogP contribution in [0.1, 0.15) is 52.0 Å². The number of fused-ring (bicyclic) bond motifs is 1. The molecule has 2 aromatic heterocycles. The molecular weight excluding hydrogens is 478 g/mol.